The van der Waals surface area contributed by atoms with Crippen molar-refractivity contribution < 1.29 is 27.5 Å². The summed E-state index contributed by atoms with van der Waals surface area (Å²) in [4.78, 5) is 27.6. The molecular formula is C19H17F3N4O3. The summed E-state index contributed by atoms with van der Waals surface area (Å²) < 4.78 is 45.5. The fourth-order valence-electron chi connectivity index (χ4n) is 2.75. The van der Waals surface area contributed by atoms with Gasteiger partial charge in [0.2, 0.25) is 11.7 Å². The number of benzene rings is 2. The lowest BCUT2D eigenvalue weighted by molar-refractivity contribution is -0.147. The Morgan fingerprint density at radius 2 is 1.69 bits per heavy atom. The second kappa shape index (κ2) is 8.21. The van der Waals surface area contributed by atoms with E-state index in [0.717, 1.165) is 4.57 Å². The summed E-state index contributed by atoms with van der Waals surface area (Å²) in [5.41, 5.74) is 5.29. The highest BCUT2D eigenvalue weighted by Crippen LogP contribution is 2.31. The van der Waals surface area contributed by atoms with Crippen LogP contribution in [0.3, 0.4) is 0 Å². The molecule has 10 heteroatoms. The largest absolute Gasteiger partial charge is 0.497 e. The zero-order chi connectivity index (χ0) is 21.0. The smallest absolute Gasteiger partial charge is 0.449 e. The summed E-state index contributed by atoms with van der Waals surface area (Å²) in [7, 11) is 1.52. The number of fused-ring (bicyclic) bond motifs is 1. The Balaban J connectivity index is 1.64. The molecule has 0 saturated carbocycles. The van der Waals surface area contributed by atoms with Crippen molar-refractivity contribution in [3.63, 3.8) is 0 Å². The van der Waals surface area contributed by atoms with E-state index < -0.39 is 30.4 Å². The van der Waals surface area contributed by atoms with Crippen molar-refractivity contribution in [3.8, 4) is 5.75 Å². The number of halogens is 3. The number of para-hydroxylation sites is 2. The van der Waals surface area contributed by atoms with E-state index in [2.05, 4.69) is 15.8 Å². The van der Waals surface area contributed by atoms with Gasteiger partial charge in [-0.15, -0.1) is 0 Å². The summed E-state index contributed by atoms with van der Waals surface area (Å²) in [6, 6.07) is 12.7. The van der Waals surface area contributed by atoms with Gasteiger partial charge in [0.25, 0.3) is 5.91 Å². The van der Waals surface area contributed by atoms with Gasteiger partial charge in [0, 0.05) is 0 Å². The molecule has 0 aliphatic rings. The number of ether oxygens (including phenoxy) is 1. The minimum Gasteiger partial charge on any atom is -0.497 e. The molecule has 0 saturated heterocycles. The van der Waals surface area contributed by atoms with E-state index in [0.29, 0.717) is 11.3 Å². The predicted molar refractivity (Wildman–Crippen MR) is 97.7 cm³/mol. The van der Waals surface area contributed by atoms with E-state index in [-0.39, 0.29) is 17.5 Å². The summed E-state index contributed by atoms with van der Waals surface area (Å²) in [6.07, 6.45) is -4.75. The second-order valence-corrected chi connectivity index (χ2v) is 6.13. The number of alkyl halides is 3. The van der Waals surface area contributed by atoms with Gasteiger partial charge in [0.1, 0.15) is 12.3 Å². The lowest BCUT2D eigenvalue weighted by Crippen LogP contribution is -2.44. The van der Waals surface area contributed by atoms with Gasteiger partial charge in [-0.05, 0) is 29.8 Å². The van der Waals surface area contributed by atoms with Crippen LogP contribution >= 0.6 is 0 Å². The van der Waals surface area contributed by atoms with Gasteiger partial charge in [0.15, 0.2) is 0 Å². The van der Waals surface area contributed by atoms with Crippen LogP contribution in [0.1, 0.15) is 11.4 Å². The topological polar surface area (TPSA) is 85.3 Å². The van der Waals surface area contributed by atoms with E-state index in [4.69, 9.17) is 4.74 Å². The monoisotopic (exact) mass is 406 g/mol. The Kier molecular flexibility index (Phi) is 5.71. The molecule has 2 aromatic carbocycles. The fourth-order valence-corrected chi connectivity index (χ4v) is 2.75. The third-order valence-corrected chi connectivity index (χ3v) is 4.07. The molecule has 1 aromatic heterocycles. The van der Waals surface area contributed by atoms with Gasteiger partial charge in [-0.25, -0.2) is 4.98 Å². The first-order valence-corrected chi connectivity index (χ1v) is 8.51. The van der Waals surface area contributed by atoms with Gasteiger partial charge in [-0.2, -0.15) is 13.2 Å². The summed E-state index contributed by atoms with van der Waals surface area (Å²) >= 11 is 0. The number of carbonyl (C=O) groups excluding carboxylic acids is 2. The number of methoxy groups -OCH3 is 1. The Bertz CT molecular complexity index is 1030. The highest BCUT2D eigenvalue weighted by atomic mass is 19.4. The van der Waals surface area contributed by atoms with Crippen molar-refractivity contribution in [2.75, 3.05) is 7.11 Å². The molecular weight excluding hydrogens is 389 g/mol. The van der Waals surface area contributed by atoms with Gasteiger partial charge in [-0.1, -0.05) is 24.3 Å². The Labute approximate surface area is 163 Å². The third-order valence-electron chi connectivity index (χ3n) is 4.07. The first-order chi connectivity index (χ1) is 13.8. The van der Waals surface area contributed by atoms with Crippen LogP contribution in [-0.4, -0.2) is 28.5 Å². The number of imidazole rings is 1. The Hall–Kier alpha value is -3.56. The Morgan fingerprint density at radius 1 is 1.03 bits per heavy atom. The SMILES string of the molecule is COc1ccc(CC(=O)NNC(=O)Cn2c(C(F)(F)F)nc3ccccc32)cc1. The number of amides is 2. The highest BCUT2D eigenvalue weighted by molar-refractivity contribution is 5.84. The van der Waals surface area contributed by atoms with Crippen LogP contribution in [0.4, 0.5) is 13.2 Å². The number of hydrazine groups is 1. The van der Waals surface area contributed by atoms with Crippen LogP contribution < -0.4 is 15.6 Å². The average molecular weight is 406 g/mol. The third kappa shape index (κ3) is 4.84. The van der Waals surface area contributed by atoms with E-state index in [1.165, 1.54) is 19.2 Å². The van der Waals surface area contributed by atoms with Crippen LogP contribution in [0, 0.1) is 0 Å². The van der Waals surface area contributed by atoms with Crippen LogP contribution in [-0.2, 0) is 28.7 Å². The van der Waals surface area contributed by atoms with Crippen LogP contribution in [0.2, 0.25) is 0 Å². The molecule has 1 heterocycles. The standard InChI is InChI=1S/C19H17F3N4O3/c1-29-13-8-6-12(7-9-13)10-16(27)24-25-17(28)11-26-15-5-3-2-4-14(15)23-18(26)19(20,21)22/h2-9H,10-11H2,1H3,(H,24,27)(H,25,28). The van der Waals surface area contributed by atoms with Crippen molar-refractivity contribution in [1.82, 2.24) is 20.4 Å². The molecule has 0 fully saturated rings. The number of rotatable bonds is 5. The first kappa shape index (κ1) is 20.2. The summed E-state index contributed by atoms with van der Waals surface area (Å²) in [5, 5.41) is 0. The molecule has 29 heavy (non-hydrogen) atoms. The van der Waals surface area contributed by atoms with E-state index in [9.17, 15) is 22.8 Å². The highest BCUT2D eigenvalue weighted by Gasteiger charge is 2.38. The lowest BCUT2D eigenvalue weighted by Gasteiger charge is -2.12. The molecule has 0 aliphatic carbocycles. The minimum absolute atomic E-state index is 0.0217. The first-order valence-electron chi connectivity index (χ1n) is 8.51. The summed E-state index contributed by atoms with van der Waals surface area (Å²) in [6.45, 7) is -0.655. The van der Waals surface area contributed by atoms with Crippen molar-refractivity contribution in [3.05, 3.63) is 59.9 Å². The molecule has 0 bridgehead atoms. The van der Waals surface area contributed by atoms with E-state index in [1.54, 1.807) is 36.4 Å². The molecule has 7 nitrogen and oxygen atoms in total. The molecule has 2 amide bonds. The van der Waals surface area contributed by atoms with Gasteiger partial charge < -0.3 is 9.30 Å². The molecule has 2 N–H and O–H groups in total. The number of hydrogen-bond donors (Lipinski definition) is 2. The number of aromatic nitrogens is 2. The molecule has 152 valence electrons. The maximum atomic E-state index is 13.3. The average Bonchev–Trinajstić information content (AvgIpc) is 3.06. The summed E-state index contributed by atoms with van der Waals surface area (Å²) in [5.74, 6) is -1.88. The molecule has 3 aromatic rings. The lowest BCUT2D eigenvalue weighted by atomic mass is 10.1. The molecule has 0 radical (unpaired) electrons. The van der Waals surface area contributed by atoms with Crippen molar-refractivity contribution >= 4 is 22.8 Å². The Morgan fingerprint density at radius 3 is 2.34 bits per heavy atom. The van der Waals surface area contributed by atoms with Gasteiger partial charge in [0.05, 0.1) is 24.6 Å². The fraction of sp³-hybridized carbons (Fsp3) is 0.211. The zero-order valence-corrected chi connectivity index (χ0v) is 15.3. The van der Waals surface area contributed by atoms with Gasteiger partial charge >= 0.3 is 6.18 Å². The molecule has 0 spiro atoms. The number of carbonyl (C=O) groups is 2. The van der Waals surface area contributed by atoms with Crippen molar-refractivity contribution in [1.29, 1.82) is 0 Å². The van der Waals surface area contributed by atoms with Crippen molar-refractivity contribution in [2.45, 2.75) is 19.1 Å². The molecule has 3 rings (SSSR count). The van der Waals surface area contributed by atoms with E-state index >= 15 is 0 Å². The van der Waals surface area contributed by atoms with Crippen LogP contribution in [0.15, 0.2) is 48.5 Å². The quantitative estimate of drug-likeness (QED) is 0.638. The maximum absolute atomic E-state index is 13.3. The van der Waals surface area contributed by atoms with Crippen molar-refractivity contribution in [2.24, 2.45) is 0 Å². The van der Waals surface area contributed by atoms with E-state index in [1.807, 2.05) is 0 Å². The van der Waals surface area contributed by atoms with Gasteiger partial charge in [-0.3, -0.25) is 20.4 Å². The van der Waals surface area contributed by atoms with Crippen LogP contribution in [0.25, 0.3) is 11.0 Å². The minimum atomic E-state index is -4.73. The second-order valence-electron chi connectivity index (χ2n) is 6.13. The van der Waals surface area contributed by atoms with Crippen LogP contribution in [0.5, 0.6) is 5.75 Å². The number of nitrogens with one attached hydrogen (secondary N) is 2. The predicted octanol–water partition coefficient (Wildman–Crippen LogP) is 2.45. The number of hydrogen-bond acceptors (Lipinski definition) is 4. The number of nitrogens with zero attached hydrogens (tertiary/aromatic N) is 2. The maximum Gasteiger partial charge on any atom is 0.449 e. The normalized spacial score (nSPS) is 11.3. The molecule has 0 atom stereocenters. The molecule has 0 aliphatic heterocycles. The molecule has 0 unspecified atom stereocenters. The zero-order valence-electron chi connectivity index (χ0n) is 15.3.